The first kappa shape index (κ1) is 70.2. The SMILES string of the molecule is CC(C)C1NC(=O)C(CC(N)=O)NC(=O)C(C(C)C)NC(=O)C(CO)NC(=O)C(Cc2c[nH]c3ccccc23)NC(=O)C(NC(=O)COCCOCCOCCNC(=O)CCCC[C@H]2SCC3NC(=O)NC32)Cc2cn(nn2)CCCCC(C(N)=O)NC1=O. The third kappa shape index (κ3) is 22.3. The molecule has 6 rings (SSSR count). The Labute approximate surface area is 519 Å². The highest BCUT2D eigenvalue weighted by Gasteiger charge is 2.43. The van der Waals surface area contributed by atoms with Crippen LogP contribution < -0.4 is 64.6 Å². The van der Waals surface area contributed by atoms with Gasteiger partial charge in [-0.25, -0.2) is 4.79 Å². The number of aliphatic hydroxyl groups excluding tert-OH is 1. The van der Waals surface area contributed by atoms with E-state index in [0.717, 1.165) is 25.0 Å². The molecule has 31 nitrogen and oxygen atoms in total. The minimum atomic E-state index is -1.74. The molecule has 1 aromatic carbocycles. The lowest BCUT2D eigenvalue weighted by atomic mass is 10.00. The van der Waals surface area contributed by atoms with Crippen LogP contribution >= 0.6 is 11.8 Å². The summed E-state index contributed by atoms with van der Waals surface area (Å²) in [4.78, 5) is 150. The maximum Gasteiger partial charge on any atom is 0.315 e. The molecule has 89 heavy (non-hydrogen) atoms. The van der Waals surface area contributed by atoms with E-state index in [0.29, 0.717) is 47.5 Å². The van der Waals surface area contributed by atoms with E-state index in [1.165, 1.54) is 10.9 Å². The van der Waals surface area contributed by atoms with E-state index < -0.39 is 127 Å². The Morgan fingerprint density at radius 2 is 1.39 bits per heavy atom. The number of benzene rings is 1. The molecule has 10 atom stereocenters. The average Bonchev–Trinajstić information content (AvgIpc) is 3.05. The number of H-pyrrole nitrogens is 1. The third-order valence-electron chi connectivity index (χ3n) is 15.1. The molecule has 0 radical (unpaired) electrons. The van der Waals surface area contributed by atoms with Crippen molar-refractivity contribution in [1.82, 2.24) is 73.1 Å². The van der Waals surface area contributed by atoms with E-state index in [1.54, 1.807) is 58.2 Å². The van der Waals surface area contributed by atoms with Gasteiger partial charge < -0.3 is 88.9 Å². The number of ether oxygens (including phenoxy) is 3. The normalized spacial score (nSPS) is 24.5. The van der Waals surface area contributed by atoms with Gasteiger partial charge in [-0.1, -0.05) is 57.5 Å². The van der Waals surface area contributed by atoms with Gasteiger partial charge in [0, 0.05) is 66.7 Å². The Balaban J connectivity index is 1.10. The summed E-state index contributed by atoms with van der Waals surface area (Å²) in [7, 11) is 0. The number of aryl methyl sites for hydroxylation is 1. The molecule has 9 unspecified atom stereocenters. The van der Waals surface area contributed by atoms with Crippen molar-refractivity contribution in [3.63, 3.8) is 0 Å². The second-order valence-corrected chi connectivity index (χ2v) is 24.1. The predicted octanol–water partition coefficient (Wildman–Crippen LogP) is -3.32. The summed E-state index contributed by atoms with van der Waals surface area (Å²) in [5.74, 6) is -8.70. The number of nitrogens with two attached hydrogens (primary N) is 2. The van der Waals surface area contributed by atoms with Gasteiger partial charge in [-0.05, 0) is 55.6 Å². The number of para-hydroxylation sites is 1. The van der Waals surface area contributed by atoms with Crippen molar-refractivity contribution in [3.05, 3.63) is 47.9 Å². The summed E-state index contributed by atoms with van der Waals surface area (Å²) in [6.07, 6.45) is 5.73. The largest absolute Gasteiger partial charge is 0.394 e. The van der Waals surface area contributed by atoms with Crippen molar-refractivity contribution in [3.8, 4) is 0 Å². The fraction of sp³-hybridized carbons (Fsp3) is 0.632. The van der Waals surface area contributed by atoms with E-state index in [-0.39, 0.29) is 88.6 Å². The summed E-state index contributed by atoms with van der Waals surface area (Å²) in [6, 6.07) is -2.90. The number of thioether (sulfide) groups is 1. The highest BCUT2D eigenvalue weighted by molar-refractivity contribution is 8.00. The number of primary amides is 2. The number of carbonyl (C=O) groups excluding carboxylic acids is 11. The lowest BCUT2D eigenvalue weighted by Crippen LogP contribution is -2.62. The van der Waals surface area contributed by atoms with Crippen LogP contribution in [-0.4, -0.2) is 208 Å². The number of hydrogen-bond acceptors (Lipinski definition) is 18. The number of aromatic nitrogens is 4. The average molecular weight is 1270 g/mol. The zero-order valence-corrected chi connectivity index (χ0v) is 51.4. The van der Waals surface area contributed by atoms with Crippen LogP contribution in [0.15, 0.2) is 36.7 Å². The first-order valence-corrected chi connectivity index (χ1v) is 31.1. The van der Waals surface area contributed by atoms with Gasteiger partial charge in [0.1, 0.15) is 48.9 Å². The fourth-order valence-corrected chi connectivity index (χ4v) is 11.9. The Morgan fingerprint density at radius 3 is 2.09 bits per heavy atom. The topological polar surface area (TPSA) is 455 Å². The Kier molecular flexibility index (Phi) is 27.8. The molecule has 2 saturated heterocycles. The van der Waals surface area contributed by atoms with E-state index in [2.05, 4.69) is 68.5 Å². The quantitative estimate of drug-likeness (QED) is 0.0292. The summed E-state index contributed by atoms with van der Waals surface area (Å²) < 4.78 is 18.2. The fourth-order valence-electron chi connectivity index (χ4n) is 10.3. The standard InChI is InChI=1S/C57H86N16O15S/c1-31(2)47-55(83)63-37(50(59)78)13-9-10-17-73-27-34(71-72-73)24-39(62-46(77)29-88-22-21-87-20-19-86-18-16-60-45(76)15-8-7-14-43-49-42(30-89-43)67-57(85)70-49)52(80)64-38(23-33-26-61-36-12-6-5-11-35(33)36)51(79)66-41(28-74)54(82)69-48(32(3)4)56(84)65-40(25-44(58)75)53(81)68-47/h5-6,11-12,26-27,31-32,37-43,47-49,61,74H,7-10,13-25,28-30H2,1-4H3,(H2,58,75)(H2,59,78)(H,60,76)(H,62,77)(H,63,83)(H,64,80)(H,65,84)(H,66,79)(H,68,81)(H,69,82)(H2,67,70,85)/t37?,38?,39?,40?,41?,42?,43-,47?,48?,49?/m1/s1. The second-order valence-electron chi connectivity index (χ2n) is 22.8. The summed E-state index contributed by atoms with van der Waals surface area (Å²) >= 11 is 1.84. The summed E-state index contributed by atoms with van der Waals surface area (Å²) in [6.45, 7) is 6.14. The number of unbranched alkanes of at least 4 members (excludes halogenated alkanes) is 1. The van der Waals surface area contributed by atoms with Gasteiger partial charge in [0.2, 0.25) is 59.1 Å². The minimum Gasteiger partial charge on any atom is -0.394 e. The monoisotopic (exact) mass is 1270 g/mol. The van der Waals surface area contributed by atoms with Crippen molar-refractivity contribution in [2.75, 3.05) is 58.5 Å². The van der Waals surface area contributed by atoms with Crippen LogP contribution in [0.2, 0.25) is 0 Å². The Morgan fingerprint density at radius 1 is 0.742 bits per heavy atom. The second kappa shape index (κ2) is 35.3. The van der Waals surface area contributed by atoms with Gasteiger partial charge in [0.05, 0.1) is 63.8 Å². The predicted molar refractivity (Wildman–Crippen MR) is 322 cm³/mol. The number of aliphatic hydroxyl groups is 1. The van der Waals surface area contributed by atoms with Crippen molar-refractivity contribution in [2.24, 2.45) is 23.3 Å². The smallest absolute Gasteiger partial charge is 0.315 e. The molecule has 490 valence electrons. The molecule has 2 aromatic heterocycles. The van der Waals surface area contributed by atoms with Gasteiger partial charge >= 0.3 is 6.03 Å². The molecule has 3 aliphatic rings. The van der Waals surface area contributed by atoms with Gasteiger partial charge in [0.25, 0.3) is 0 Å². The highest BCUT2D eigenvalue weighted by atomic mass is 32.2. The molecule has 5 heterocycles. The summed E-state index contributed by atoms with van der Waals surface area (Å²) in [5, 5.41) is 46.7. The van der Waals surface area contributed by atoms with Gasteiger partial charge in [0.15, 0.2) is 0 Å². The molecular weight excluding hydrogens is 1180 g/mol. The minimum absolute atomic E-state index is 0.0202. The summed E-state index contributed by atoms with van der Waals surface area (Å²) in [5.41, 5.74) is 12.7. The van der Waals surface area contributed by atoms with Gasteiger partial charge in [-0.15, -0.1) is 5.10 Å². The van der Waals surface area contributed by atoms with Crippen LogP contribution in [0.25, 0.3) is 10.9 Å². The van der Waals surface area contributed by atoms with E-state index in [4.69, 9.17) is 25.7 Å². The molecule has 0 saturated carbocycles. The van der Waals surface area contributed by atoms with E-state index in [9.17, 15) is 57.8 Å². The van der Waals surface area contributed by atoms with E-state index in [1.807, 2.05) is 11.8 Å². The lowest BCUT2D eigenvalue weighted by Gasteiger charge is -2.29. The van der Waals surface area contributed by atoms with Crippen LogP contribution in [0.5, 0.6) is 0 Å². The highest BCUT2D eigenvalue weighted by Crippen LogP contribution is 2.33. The zero-order valence-electron chi connectivity index (χ0n) is 50.6. The van der Waals surface area contributed by atoms with Crippen LogP contribution in [-0.2, 0) is 81.5 Å². The molecule has 3 aliphatic heterocycles. The van der Waals surface area contributed by atoms with Crippen molar-refractivity contribution >= 4 is 87.8 Å². The maximum absolute atomic E-state index is 14.6. The Bertz CT molecular complexity index is 2930. The molecule has 0 aliphatic carbocycles. The van der Waals surface area contributed by atoms with Crippen LogP contribution in [0.1, 0.15) is 90.3 Å². The molecular formula is C57H86N16O15S. The van der Waals surface area contributed by atoms with Crippen LogP contribution in [0, 0.1) is 11.8 Å². The maximum atomic E-state index is 14.6. The zero-order chi connectivity index (χ0) is 64.6. The van der Waals surface area contributed by atoms with Crippen molar-refractivity contribution in [2.45, 2.75) is 158 Å². The van der Waals surface area contributed by atoms with Gasteiger partial charge in [-0.3, -0.25) is 52.6 Å². The first-order chi connectivity index (χ1) is 42.6. The molecule has 3 aromatic rings. The molecule has 12 amide bonds. The molecule has 0 spiro atoms. The number of rotatable bonds is 25. The Hall–Kier alpha value is -7.94. The molecule has 2 bridgehead atoms. The molecule has 32 heteroatoms. The molecule has 2 fully saturated rings. The van der Waals surface area contributed by atoms with E-state index >= 15 is 0 Å². The number of amides is 12. The number of hydrogen-bond donors (Lipinski definition) is 14. The van der Waals surface area contributed by atoms with Gasteiger partial charge in [-0.2, -0.15) is 11.8 Å². The third-order valence-corrected chi connectivity index (χ3v) is 16.7. The van der Waals surface area contributed by atoms with Crippen LogP contribution in [0.3, 0.4) is 0 Å². The number of carbonyl (C=O) groups is 11. The van der Waals surface area contributed by atoms with Crippen molar-refractivity contribution < 1.29 is 72.1 Å². The number of urea groups is 1. The first-order valence-electron chi connectivity index (χ1n) is 30.0. The number of aromatic amines is 1. The molecule has 16 N–H and O–H groups in total. The van der Waals surface area contributed by atoms with Crippen LogP contribution in [0.4, 0.5) is 4.79 Å². The number of nitrogens with one attached hydrogen (secondary N) is 11. The number of nitrogens with zero attached hydrogens (tertiary/aromatic N) is 3. The van der Waals surface area contributed by atoms with Crippen molar-refractivity contribution in [1.29, 1.82) is 0 Å². The lowest BCUT2D eigenvalue weighted by molar-refractivity contribution is -0.137. The number of fused-ring (bicyclic) bond motifs is 4.